The number of rotatable bonds is 14. The van der Waals surface area contributed by atoms with Gasteiger partial charge in [0.1, 0.15) is 18.5 Å². The molecule has 3 rings (SSSR count). The molecule has 0 amide bonds. The van der Waals surface area contributed by atoms with Crippen molar-refractivity contribution in [1.29, 1.82) is 0 Å². The Balaban J connectivity index is 1.67. The van der Waals surface area contributed by atoms with E-state index in [0.29, 0.717) is 38.6 Å². The van der Waals surface area contributed by atoms with E-state index in [1.54, 1.807) is 6.08 Å². The molecule has 3 aromatic carbocycles. The SMILES string of the molecule is CO[C@@H](O)/C=C(\OCc1ccccc1)[C@@H](CCOCc1ccccc1)OCc1ccccc1. The molecular weight excluding hydrogens is 416 g/mol. The molecule has 0 unspecified atom stereocenters. The van der Waals surface area contributed by atoms with E-state index in [9.17, 15) is 5.11 Å². The third-order valence-electron chi connectivity index (χ3n) is 5.04. The van der Waals surface area contributed by atoms with E-state index in [1.807, 2.05) is 91.0 Å². The fourth-order valence-electron chi connectivity index (χ4n) is 3.23. The molecule has 0 radical (unpaired) electrons. The number of hydrogen-bond acceptors (Lipinski definition) is 5. The molecule has 0 aliphatic rings. The van der Waals surface area contributed by atoms with Gasteiger partial charge in [0.2, 0.25) is 0 Å². The molecule has 3 aromatic rings. The molecule has 33 heavy (non-hydrogen) atoms. The molecule has 0 fully saturated rings. The summed E-state index contributed by atoms with van der Waals surface area (Å²) in [5.74, 6) is 0.521. The van der Waals surface area contributed by atoms with Gasteiger partial charge in [0.05, 0.1) is 13.2 Å². The highest BCUT2D eigenvalue weighted by molar-refractivity contribution is 5.16. The first-order chi connectivity index (χ1) is 16.2. The van der Waals surface area contributed by atoms with Crippen LogP contribution in [0.15, 0.2) is 103 Å². The number of aliphatic hydroxyl groups is 1. The van der Waals surface area contributed by atoms with Crippen LogP contribution in [0.5, 0.6) is 0 Å². The molecule has 5 heteroatoms. The normalized spacial score (nSPS) is 13.5. The van der Waals surface area contributed by atoms with Gasteiger partial charge in [0.25, 0.3) is 0 Å². The van der Waals surface area contributed by atoms with Crippen molar-refractivity contribution in [2.75, 3.05) is 13.7 Å². The van der Waals surface area contributed by atoms with Gasteiger partial charge in [-0.15, -0.1) is 0 Å². The Hall–Kier alpha value is -2.96. The highest BCUT2D eigenvalue weighted by Gasteiger charge is 2.19. The average molecular weight is 449 g/mol. The Bertz CT molecular complexity index is 928. The summed E-state index contributed by atoms with van der Waals surface area (Å²) < 4.78 is 23.3. The van der Waals surface area contributed by atoms with E-state index in [4.69, 9.17) is 18.9 Å². The third kappa shape index (κ3) is 9.20. The molecule has 0 aliphatic heterocycles. The molecule has 5 nitrogen and oxygen atoms in total. The minimum atomic E-state index is -1.09. The van der Waals surface area contributed by atoms with Crippen molar-refractivity contribution < 1.29 is 24.1 Å². The molecule has 0 saturated carbocycles. The predicted molar refractivity (Wildman–Crippen MR) is 128 cm³/mol. The molecule has 0 aliphatic carbocycles. The molecule has 174 valence electrons. The van der Waals surface area contributed by atoms with Gasteiger partial charge < -0.3 is 24.1 Å². The van der Waals surface area contributed by atoms with Gasteiger partial charge in [-0.05, 0) is 16.7 Å². The van der Waals surface area contributed by atoms with Crippen LogP contribution in [0.2, 0.25) is 0 Å². The van der Waals surface area contributed by atoms with Crippen LogP contribution in [0.25, 0.3) is 0 Å². The quantitative estimate of drug-likeness (QED) is 0.208. The molecule has 0 bridgehead atoms. The predicted octanol–water partition coefficient (Wildman–Crippen LogP) is 5.24. The standard InChI is InChI=1S/C28H32O5/c1-30-28(29)19-27(33-22-25-15-9-4-10-16-25)26(32-21-24-13-7-3-8-14-24)17-18-31-20-23-11-5-2-6-12-23/h2-16,19,26,28-29H,17-18,20-22H2,1H3/b27-19-/t26-,28-/m1/s1. The number of aliphatic hydroxyl groups excluding tert-OH is 1. The Labute approximate surface area is 196 Å². The summed E-state index contributed by atoms with van der Waals surface area (Å²) in [6, 6.07) is 29.9. The maximum Gasteiger partial charge on any atom is 0.177 e. The first-order valence-electron chi connectivity index (χ1n) is 11.1. The van der Waals surface area contributed by atoms with Crippen molar-refractivity contribution in [2.24, 2.45) is 0 Å². The number of methoxy groups -OCH3 is 1. The van der Waals surface area contributed by atoms with Gasteiger partial charge in [-0.1, -0.05) is 91.0 Å². The molecule has 1 N–H and O–H groups in total. The Morgan fingerprint density at radius 2 is 1.27 bits per heavy atom. The summed E-state index contributed by atoms with van der Waals surface area (Å²) in [6.45, 7) is 1.78. The molecule has 0 heterocycles. The van der Waals surface area contributed by atoms with Crippen LogP contribution in [0.1, 0.15) is 23.1 Å². The van der Waals surface area contributed by atoms with E-state index in [-0.39, 0.29) is 0 Å². The summed E-state index contributed by atoms with van der Waals surface area (Å²) in [6.07, 6.45) is 0.616. The lowest BCUT2D eigenvalue weighted by Crippen LogP contribution is -2.22. The second-order valence-corrected chi connectivity index (χ2v) is 7.58. The highest BCUT2D eigenvalue weighted by Crippen LogP contribution is 2.19. The Morgan fingerprint density at radius 3 is 1.82 bits per heavy atom. The summed E-state index contributed by atoms with van der Waals surface area (Å²) in [4.78, 5) is 0. The molecular formula is C28H32O5. The number of ether oxygens (including phenoxy) is 4. The van der Waals surface area contributed by atoms with Crippen LogP contribution in [0.4, 0.5) is 0 Å². The number of benzene rings is 3. The van der Waals surface area contributed by atoms with Crippen molar-refractivity contribution in [3.63, 3.8) is 0 Å². The fourth-order valence-corrected chi connectivity index (χ4v) is 3.23. The zero-order valence-corrected chi connectivity index (χ0v) is 19.0. The molecule has 0 saturated heterocycles. The van der Waals surface area contributed by atoms with Crippen LogP contribution in [-0.2, 0) is 38.8 Å². The van der Waals surface area contributed by atoms with E-state index < -0.39 is 12.4 Å². The maximum absolute atomic E-state index is 10.1. The van der Waals surface area contributed by atoms with Crippen LogP contribution >= 0.6 is 0 Å². The first kappa shape index (κ1) is 24.7. The minimum absolute atomic E-state index is 0.360. The van der Waals surface area contributed by atoms with E-state index in [1.165, 1.54) is 7.11 Å². The third-order valence-corrected chi connectivity index (χ3v) is 5.04. The van der Waals surface area contributed by atoms with E-state index in [2.05, 4.69) is 0 Å². The summed E-state index contributed by atoms with van der Waals surface area (Å²) in [7, 11) is 1.44. The second kappa shape index (κ2) is 14.2. The van der Waals surface area contributed by atoms with Crippen molar-refractivity contribution in [3.8, 4) is 0 Å². The Kier molecular flexibility index (Phi) is 10.7. The van der Waals surface area contributed by atoms with Crippen LogP contribution in [0, 0.1) is 0 Å². The Morgan fingerprint density at radius 1 is 0.758 bits per heavy atom. The van der Waals surface area contributed by atoms with Crippen molar-refractivity contribution >= 4 is 0 Å². The van der Waals surface area contributed by atoms with E-state index >= 15 is 0 Å². The van der Waals surface area contributed by atoms with Crippen molar-refractivity contribution in [2.45, 2.75) is 38.6 Å². The van der Waals surface area contributed by atoms with Crippen LogP contribution in [0.3, 0.4) is 0 Å². The summed E-state index contributed by atoms with van der Waals surface area (Å²) in [5, 5.41) is 10.1. The molecule has 0 spiro atoms. The highest BCUT2D eigenvalue weighted by atomic mass is 16.6. The fraction of sp³-hybridized carbons (Fsp3) is 0.286. The zero-order valence-electron chi connectivity index (χ0n) is 19.0. The van der Waals surface area contributed by atoms with E-state index in [0.717, 1.165) is 16.7 Å². The summed E-state index contributed by atoms with van der Waals surface area (Å²) in [5.41, 5.74) is 3.20. The largest absolute Gasteiger partial charge is 0.491 e. The van der Waals surface area contributed by atoms with Crippen LogP contribution < -0.4 is 0 Å². The maximum atomic E-state index is 10.1. The van der Waals surface area contributed by atoms with Gasteiger partial charge in [-0.2, -0.15) is 0 Å². The average Bonchev–Trinajstić information content (AvgIpc) is 2.88. The summed E-state index contributed by atoms with van der Waals surface area (Å²) >= 11 is 0. The topological polar surface area (TPSA) is 57.2 Å². The minimum Gasteiger partial charge on any atom is -0.491 e. The van der Waals surface area contributed by atoms with Crippen molar-refractivity contribution in [3.05, 3.63) is 120 Å². The van der Waals surface area contributed by atoms with Gasteiger partial charge in [-0.3, -0.25) is 0 Å². The van der Waals surface area contributed by atoms with Crippen molar-refractivity contribution in [1.82, 2.24) is 0 Å². The first-order valence-corrected chi connectivity index (χ1v) is 11.1. The zero-order chi connectivity index (χ0) is 23.1. The molecule has 0 aromatic heterocycles. The van der Waals surface area contributed by atoms with Gasteiger partial charge in [0.15, 0.2) is 6.29 Å². The van der Waals surface area contributed by atoms with Gasteiger partial charge in [-0.25, -0.2) is 0 Å². The second-order valence-electron chi connectivity index (χ2n) is 7.58. The van der Waals surface area contributed by atoms with Crippen LogP contribution in [-0.4, -0.2) is 31.2 Å². The smallest absolute Gasteiger partial charge is 0.177 e. The van der Waals surface area contributed by atoms with Gasteiger partial charge in [0, 0.05) is 26.2 Å². The molecule has 2 atom stereocenters. The van der Waals surface area contributed by atoms with Gasteiger partial charge >= 0.3 is 0 Å². The monoisotopic (exact) mass is 448 g/mol. The lowest BCUT2D eigenvalue weighted by molar-refractivity contribution is -0.0471. The lowest BCUT2D eigenvalue weighted by Gasteiger charge is -2.23. The number of hydrogen-bond donors (Lipinski definition) is 1. The lowest BCUT2D eigenvalue weighted by atomic mass is 10.2.